The number of nitrogens with zero attached hydrogens (tertiary/aromatic N) is 2. The Hall–Kier alpha value is -2.66. The summed E-state index contributed by atoms with van der Waals surface area (Å²) in [6, 6.07) is 10.9. The van der Waals surface area contributed by atoms with Crippen LogP contribution in [0.1, 0.15) is 21.7 Å². The van der Waals surface area contributed by atoms with Crippen molar-refractivity contribution < 1.29 is 9.21 Å². The zero-order valence-electron chi connectivity index (χ0n) is 11.7. The molecule has 1 N–H and O–H groups in total. The molecule has 0 aliphatic carbocycles. The smallest absolute Gasteiger partial charge is 0.307 e. The number of benzene rings is 1. The fourth-order valence-electron chi connectivity index (χ4n) is 2.05. The quantitative estimate of drug-likeness (QED) is 0.457. The van der Waals surface area contributed by atoms with Crippen molar-refractivity contribution in [1.82, 2.24) is 10.4 Å². The second-order valence-corrected chi connectivity index (χ2v) is 5.05. The molecule has 0 atom stereocenters. The van der Waals surface area contributed by atoms with Crippen molar-refractivity contribution in [3.8, 4) is 0 Å². The number of amides is 1. The normalized spacial score (nSPS) is 11.2. The Balaban J connectivity index is 1.83. The van der Waals surface area contributed by atoms with Crippen LogP contribution in [0, 0.1) is 6.92 Å². The number of carbonyl (C=O) groups is 1. The van der Waals surface area contributed by atoms with Gasteiger partial charge in [-0.25, -0.2) is 10.4 Å². The number of nitrogens with one attached hydrogen (secondary N) is 1. The number of aromatic nitrogens is 1. The number of para-hydroxylation sites is 1. The lowest BCUT2D eigenvalue weighted by Gasteiger charge is -2.04. The van der Waals surface area contributed by atoms with Crippen molar-refractivity contribution in [2.45, 2.75) is 6.92 Å². The number of fused-ring (bicyclic) bond motifs is 1. The van der Waals surface area contributed by atoms with Gasteiger partial charge in [0.15, 0.2) is 5.76 Å². The summed E-state index contributed by atoms with van der Waals surface area (Å²) in [6.07, 6.45) is 2.88. The fraction of sp³-hybridized carbons (Fsp3) is 0.0625. The van der Waals surface area contributed by atoms with E-state index in [4.69, 9.17) is 16.0 Å². The van der Waals surface area contributed by atoms with Crippen molar-refractivity contribution >= 4 is 34.6 Å². The molecular weight excluding hydrogens is 302 g/mol. The van der Waals surface area contributed by atoms with E-state index in [-0.39, 0.29) is 5.76 Å². The highest BCUT2D eigenvalue weighted by molar-refractivity contribution is 6.32. The van der Waals surface area contributed by atoms with Gasteiger partial charge >= 0.3 is 5.91 Å². The van der Waals surface area contributed by atoms with Crippen LogP contribution >= 0.6 is 11.6 Å². The molecule has 0 fully saturated rings. The molecule has 110 valence electrons. The van der Waals surface area contributed by atoms with Crippen molar-refractivity contribution in [3.05, 3.63) is 64.7 Å². The summed E-state index contributed by atoms with van der Waals surface area (Å²) in [5.41, 5.74) is 4.90. The highest BCUT2D eigenvalue weighted by Gasteiger charge is 2.07. The lowest BCUT2D eigenvalue weighted by molar-refractivity contribution is 0.0927. The number of pyridine rings is 1. The molecule has 2 aromatic heterocycles. The Morgan fingerprint density at radius 2 is 2.23 bits per heavy atom. The third kappa shape index (κ3) is 2.84. The van der Waals surface area contributed by atoms with Gasteiger partial charge in [0, 0.05) is 10.9 Å². The summed E-state index contributed by atoms with van der Waals surface area (Å²) in [5.74, 6) is -0.238. The molecule has 1 aromatic carbocycles. The van der Waals surface area contributed by atoms with E-state index in [1.807, 2.05) is 31.2 Å². The van der Waals surface area contributed by atoms with Crippen molar-refractivity contribution in [2.75, 3.05) is 0 Å². The minimum Gasteiger partial charge on any atom is -0.459 e. The Morgan fingerprint density at radius 1 is 1.36 bits per heavy atom. The Morgan fingerprint density at radius 3 is 3.00 bits per heavy atom. The van der Waals surface area contributed by atoms with Crippen LogP contribution in [0.15, 0.2) is 52.2 Å². The summed E-state index contributed by atoms with van der Waals surface area (Å²) in [6.45, 7) is 1.98. The molecule has 3 rings (SSSR count). The van der Waals surface area contributed by atoms with E-state index in [9.17, 15) is 4.79 Å². The number of hydrogen-bond acceptors (Lipinski definition) is 4. The van der Waals surface area contributed by atoms with Gasteiger partial charge in [0.05, 0.1) is 18.0 Å². The first-order chi connectivity index (χ1) is 10.6. The highest BCUT2D eigenvalue weighted by Crippen LogP contribution is 2.21. The number of aryl methyl sites for hydroxylation is 1. The van der Waals surface area contributed by atoms with E-state index in [0.29, 0.717) is 10.7 Å². The topological polar surface area (TPSA) is 67.5 Å². The standard InChI is InChI=1S/C16H12ClN3O2/c1-10-4-2-5-11-8-12(15(17)19-14(10)11)9-18-20-16(21)13-6-3-7-22-13/h2-9H,1H3,(H,20,21)/b18-9-. The minimum absolute atomic E-state index is 0.190. The molecule has 0 radical (unpaired) electrons. The molecule has 0 unspecified atom stereocenters. The molecule has 0 bridgehead atoms. The molecule has 0 saturated carbocycles. The molecular formula is C16H12ClN3O2. The van der Waals surface area contributed by atoms with Crippen LogP contribution in [0.2, 0.25) is 5.15 Å². The number of furan rings is 1. The van der Waals surface area contributed by atoms with Crippen LogP contribution in [-0.2, 0) is 0 Å². The number of carbonyl (C=O) groups excluding carboxylic acids is 1. The van der Waals surface area contributed by atoms with E-state index >= 15 is 0 Å². The van der Waals surface area contributed by atoms with Crippen LogP contribution in [0.5, 0.6) is 0 Å². The zero-order chi connectivity index (χ0) is 15.5. The van der Waals surface area contributed by atoms with Gasteiger partial charge in [0.25, 0.3) is 0 Å². The Kier molecular flexibility index (Phi) is 3.89. The lowest BCUT2D eigenvalue weighted by Crippen LogP contribution is -2.16. The first-order valence-electron chi connectivity index (χ1n) is 6.58. The molecule has 0 spiro atoms. The molecule has 0 aliphatic rings. The van der Waals surface area contributed by atoms with Gasteiger partial charge in [-0.05, 0) is 30.7 Å². The number of rotatable bonds is 3. The summed E-state index contributed by atoms with van der Waals surface area (Å²) < 4.78 is 4.97. The monoisotopic (exact) mass is 313 g/mol. The van der Waals surface area contributed by atoms with Gasteiger partial charge in [0.1, 0.15) is 5.15 Å². The van der Waals surface area contributed by atoms with E-state index in [1.54, 1.807) is 12.1 Å². The second kappa shape index (κ2) is 5.99. The molecule has 5 nitrogen and oxygen atoms in total. The van der Waals surface area contributed by atoms with Gasteiger partial charge < -0.3 is 4.42 Å². The number of halogens is 1. The Labute approximate surface area is 131 Å². The average Bonchev–Trinajstić information content (AvgIpc) is 3.03. The first kappa shape index (κ1) is 14.3. The maximum absolute atomic E-state index is 11.7. The van der Waals surface area contributed by atoms with Crippen LogP contribution in [0.4, 0.5) is 0 Å². The highest BCUT2D eigenvalue weighted by atomic mass is 35.5. The van der Waals surface area contributed by atoms with Gasteiger partial charge in [0.2, 0.25) is 0 Å². The average molecular weight is 314 g/mol. The van der Waals surface area contributed by atoms with Crippen LogP contribution in [-0.4, -0.2) is 17.1 Å². The van der Waals surface area contributed by atoms with E-state index < -0.39 is 5.91 Å². The maximum atomic E-state index is 11.7. The van der Waals surface area contributed by atoms with Crippen molar-refractivity contribution in [1.29, 1.82) is 0 Å². The van der Waals surface area contributed by atoms with E-state index in [0.717, 1.165) is 16.5 Å². The van der Waals surface area contributed by atoms with Gasteiger partial charge in [-0.1, -0.05) is 29.8 Å². The second-order valence-electron chi connectivity index (χ2n) is 4.69. The van der Waals surface area contributed by atoms with Crippen LogP contribution < -0.4 is 5.43 Å². The minimum atomic E-state index is -0.429. The van der Waals surface area contributed by atoms with Crippen LogP contribution in [0.25, 0.3) is 10.9 Å². The third-order valence-corrected chi connectivity index (χ3v) is 3.45. The Bertz CT molecular complexity index is 857. The van der Waals surface area contributed by atoms with Crippen LogP contribution in [0.3, 0.4) is 0 Å². The molecule has 1 amide bonds. The summed E-state index contributed by atoms with van der Waals surface area (Å²) in [4.78, 5) is 16.0. The van der Waals surface area contributed by atoms with Gasteiger partial charge in [-0.15, -0.1) is 0 Å². The predicted molar refractivity (Wildman–Crippen MR) is 85.3 cm³/mol. The SMILES string of the molecule is Cc1cccc2cc(/C=N\NC(=O)c3ccco3)c(Cl)nc12. The largest absolute Gasteiger partial charge is 0.459 e. The first-order valence-corrected chi connectivity index (χ1v) is 6.96. The summed E-state index contributed by atoms with van der Waals surface area (Å²) in [7, 11) is 0. The maximum Gasteiger partial charge on any atom is 0.307 e. The molecule has 0 aliphatic heterocycles. The van der Waals surface area contributed by atoms with Gasteiger partial charge in [-0.2, -0.15) is 5.10 Å². The molecule has 0 saturated heterocycles. The summed E-state index contributed by atoms with van der Waals surface area (Å²) >= 11 is 6.16. The van der Waals surface area contributed by atoms with E-state index in [1.165, 1.54) is 12.5 Å². The third-order valence-electron chi connectivity index (χ3n) is 3.14. The zero-order valence-corrected chi connectivity index (χ0v) is 12.5. The van der Waals surface area contributed by atoms with Gasteiger partial charge in [-0.3, -0.25) is 4.79 Å². The number of hydrazone groups is 1. The van der Waals surface area contributed by atoms with Crippen molar-refractivity contribution in [2.24, 2.45) is 5.10 Å². The number of hydrogen-bond donors (Lipinski definition) is 1. The van der Waals surface area contributed by atoms with E-state index in [2.05, 4.69) is 15.5 Å². The lowest BCUT2D eigenvalue weighted by atomic mass is 10.1. The molecule has 2 heterocycles. The molecule has 3 aromatic rings. The molecule has 22 heavy (non-hydrogen) atoms. The predicted octanol–water partition coefficient (Wildman–Crippen LogP) is 3.55. The van der Waals surface area contributed by atoms with Crippen molar-refractivity contribution in [3.63, 3.8) is 0 Å². The fourth-order valence-corrected chi connectivity index (χ4v) is 2.24. The summed E-state index contributed by atoms with van der Waals surface area (Å²) in [5, 5.41) is 5.17. The molecule has 6 heteroatoms.